The summed E-state index contributed by atoms with van der Waals surface area (Å²) in [6, 6.07) is 9.67. The van der Waals surface area contributed by atoms with E-state index in [4.69, 9.17) is 14.9 Å². The highest BCUT2D eigenvalue weighted by Crippen LogP contribution is 2.33. The fraction of sp³-hybridized carbons (Fsp3) is 0.214. The molecule has 0 bridgehead atoms. The Morgan fingerprint density at radius 2 is 2.16 bits per heavy atom. The van der Waals surface area contributed by atoms with Gasteiger partial charge in [-0.25, -0.2) is 0 Å². The monoisotopic (exact) mass is 257 g/mol. The first-order valence-corrected chi connectivity index (χ1v) is 6.09. The summed E-state index contributed by atoms with van der Waals surface area (Å²) in [4.78, 5) is 0. The SMILES string of the molecule is Cn1ccc(COc2c(CN)oc3ccccc23)n1. The van der Waals surface area contributed by atoms with E-state index < -0.39 is 0 Å². The van der Waals surface area contributed by atoms with Crippen LogP contribution in [0.15, 0.2) is 40.9 Å². The number of para-hydroxylation sites is 1. The molecule has 98 valence electrons. The average Bonchev–Trinajstić information content (AvgIpc) is 2.99. The molecule has 0 aliphatic carbocycles. The maximum atomic E-state index is 5.83. The van der Waals surface area contributed by atoms with Crippen molar-refractivity contribution in [3.8, 4) is 5.75 Å². The summed E-state index contributed by atoms with van der Waals surface area (Å²) >= 11 is 0. The predicted molar refractivity (Wildman–Crippen MR) is 71.6 cm³/mol. The molecule has 3 aromatic rings. The van der Waals surface area contributed by atoms with Crippen molar-refractivity contribution >= 4 is 11.0 Å². The summed E-state index contributed by atoms with van der Waals surface area (Å²) in [5, 5.41) is 5.22. The van der Waals surface area contributed by atoms with Gasteiger partial charge < -0.3 is 14.9 Å². The molecule has 0 radical (unpaired) electrons. The standard InChI is InChI=1S/C14H15N3O2/c1-17-7-6-10(16-17)9-18-14-11-4-2-3-5-12(11)19-13(14)8-15/h2-7H,8-9,15H2,1H3. The Kier molecular flexibility index (Phi) is 2.97. The van der Waals surface area contributed by atoms with E-state index in [0.29, 0.717) is 24.7 Å². The fourth-order valence-electron chi connectivity index (χ4n) is 2.05. The van der Waals surface area contributed by atoms with Crippen molar-refractivity contribution in [2.45, 2.75) is 13.2 Å². The lowest BCUT2D eigenvalue weighted by Crippen LogP contribution is -2.01. The number of ether oxygens (including phenoxy) is 1. The third-order valence-electron chi connectivity index (χ3n) is 2.94. The second kappa shape index (κ2) is 4.78. The van der Waals surface area contributed by atoms with Crippen molar-refractivity contribution in [1.29, 1.82) is 0 Å². The van der Waals surface area contributed by atoms with E-state index in [9.17, 15) is 0 Å². The lowest BCUT2D eigenvalue weighted by Gasteiger charge is -2.03. The molecule has 2 N–H and O–H groups in total. The van der Waals surface area contributed by atoms with E-state index in [0.717, 1.165) is 16.7 Å². The van der Waals surface area contributed by atoms with E-state index in [1.165, 1.54) is 0 Å². The molecule has 0 fully saturated rings. The molecule has 0 amide bonds. The van der Waals surface area contributed by atoms with Gasteiger partial charge in [-0.3, -0.25) is 4.68 Å². The van der Waals surface area contributed by atoms with E-state index in [1.54, 1.807) is 4.68 Å². The van der Waals surface area contributed by atoms with Gasteiger partial charge in [0, 0.05) is 13.2 Å². The van der Waals surface area contributed by atoms with Crippen molar-refractivity contribution in [3.63, 3.8) is 0 Å². The van der Waals surface area contributed by atoms with E-state index in [1.807, 2.05) is 43.6 Å². The van der Waals surface area contributed by atoms with Crippen LogP contribution in [0.4, 0.5) is 0 Å². The topological polar surface area (TPSA) is 66.2 Å². The maximum absolute atomic E-state index is 5.83. The number of rotatable bonds is 4. The van der Waals surface area contributed by atoms with Crippen LogP contribution in [0.3, 0.4) is 0 Å². The molecule has 0 aliphatic heterocycles. The molecule has 0 unspecified atom stereocenters. The van der Waals surface area contributed by atoms with Gasteiger partial charge in [0.2, 0.25) is 0 Å². The first-order valence-electron chi connectivity index (χ1n) is 6.09. The Balaban J connectivity index is 1.90. The molecule has 5 nitrogen and oxygen atoms in total. The number of hydrogen-bond donors (Lipinski definition) is 1. The van der Waals surface area contributed by atoms with E-state index >= 15 is 0 Å². The molecule has 0 atom stereocenters. The predicted octanol–water partition coefficient (Wildman–Crippen LogP) is 2.20. The number of nitrogens with two attached hydrogens (primary N) is 1. The highest BCUT2D eigenvalue weighted by Gasteiger charge is 2.14. The smallest absolute Gasteiger partial charge is 0.170 e. The van der Waals surface area contributed by atoms with Gasteiger partial charge in [0.25, 0.3) is 0 Å². The lowest BCUT2D eigenvalue weighted by atomic mass is 10.2. The average molecular weight is 257 g/mol. The maximum Gasteiger partial charge on any atom is 0.170 e. The summed E-state index contributed by atoms with van der Waals surface area (Å²) in [6.45, 7) is 0.712. The number of aryl methyl sites for hydroxylation is 1. The zero-order chi connectivity index (χ0) is 13.2. The van der Waals surface area contributed by atoms with Gasteiger partial charge >= 0.3 is 0 Å². The van der Waals surface area contributed by atoms with Crippen LogP contribution in [0.25, 0.3) is 11.0 Å². The molecule has 0 aliphatic rings. The van der Waals surface area contributed by atoms with Gasteiger partial charge in [-0.1, -0.05) is 12.1 Å². The van der Waals surface area contributed by atoms with Crippen LogP contribution in [0, 0.1) is 0 Å². The summed E-state index contributed by atoms with van der Waals surface area (Å²) in [5.41, 5.74) is 7.36. The van der Waals surface area contributed by atoms with Gasteiger partial charge in [-0.05, 0) is 18.2 Å². The zero-order valence-electron chi connectivity index (χ0n) is 10.7. The highest BCUT2D eigenvalue weighted by atomic mass is 16.5. The summed E-state index contributed by atoms with van der Waals surface area (Å²) in [6.07, 6.45) is 1.88. The van der Waals surface area contributed by atoms with Crippen LogP contribution < -0.4 is 10.5 Å². The molecule has 5 heteroatoms. The summed E-state index contributed by atoms with van der Waals surface area (Å²) in [7, 11) is 1.88. The van der Waals surface area contributed by atoms with Gasteiger partial charge in [-0.2, -0.15) is 5.10 Å². The molecule has 0 saturated heterocycles. The minimum atomic E-state index is 0.312. The Bertz CT molecular complexity index is 700. The van der Waals surface area contributed by atoms with Gasteiger partial charge in [0.05, 0.1) is 17.6 Å². The third kappa shape index (κ3) is 2.20. The molecule has 19 heavy (non-hydrogen) atoms. The number of hydrogen-bond acceptors (Lipinski definition) is 4. The molecular weight excluding hydrogens is 242 g/mol. The van der Waals surface area contributed by atoms with Gasteiger partial charge in [0.1, 0.15) is 12.2 Å². The number of benzene rings is 1. The normalized spacial score (nSPS) is 11.1. The number of furan rings is 1. The molecule has 2 aromatic heterocycles. The van der Waals surface area contributed by atoms with Crippen LogP contribution >= 0.6 is 0 Å². The number of fused-ring (bicyclic) bond motifs is 1. The molecule has 1 aromatic carbocycles. The summed E-state index contributed by atoms with van der Waals surface area (Å²) < 4.78 is 13.2. The van der Waals surface area contributed by atoms with Crippen LogP contribution in [0.1, 0.15) is 11.5 Å². The van der Waals surface area contributed by atoms with Crippen molar-refractivity contribution < 1.29 is 9.15 Å². The number of aromatic nitrogens is 2. The second-order valence-electron chi connectivity index (χ2n) is 4.32. The number of nitrogens with zero attached hydrogens (tertiary/aromatic N) is 2. The quantitative estimate of drug-likeness (QED) is 0.778. The molecule has 0 spiro atoms. The molecule has 2 heterocycles. The van der Waals surface area contributed by atoms with Gasteiger partial charge in [-0.15, -0.1) is 0 Å². The third-order valence-corrected chi connectivity index (χ3v) is 2.94. The Hall–Kier alpha value is -2.27. The molecule has 0 saturated carbocycles. The lowest BCUT2D eigenvalue weighted by molar-refractivity contribution is 0.293. The summed E-state index contributed by atoms with van der Waals surface area (Å²) in [5.74, 6) is 1.38. The van der Waals surface area contributed by atoms with Crippen molar-refractivity contribution in [3.05, 3.63) is 48.0 Å². The van der Waals surface area contributed by atoms with Crippen molar-refractivity contribution in [2.75, 3.05) is 0 Å². The highest BCUT2D eigenvalue weighted by molar-refractivity contribution is 5.85. The first-order chi connectivity index (χ1) is 9.28. The van der Waals surface area contributed by atoms with Crippen LogP contribution in [-0.2, 0) is 20.2 Å². The van der Waals surface area contributed by atoms with Crippen LogP contribution in [-0.4, -0.2) is 9.78 Å². The minimum absolute atomic E-state index is 0.312. The zero-order valence-corrected chi connectivity index (χ0v) is 10.7. The minimum Gasteiger partial charge on any atom is -0.483 e. The van der Waals surface area contributed by atoms with E-state index in [-0.39, 0.29) is 0 Å². The fourth-order valence-corrected chi connectivity index (χ4v) is 2.05. The Morgan fingerprint density at radius 3 is 2.89 bits per heavy atom. The van der Waals surface area contributed by atoms with Crippen molar-refractivity contribution in [2.24, 2.45) is 12.8 Å². The van der Waals surface area contributed by atoms with Crippen molar-refractivity contribution in [1.82, 2.24) is 9.78 Å². The van der Waals surface area contributed by atoms with Gasteiger partial charge in [0.15, 0.2) is 11.5 Å². The molecular formula is C14H15N3O2. The molecule has 3 rings (SSSR count). The van der Waals surface area contributed by atoms with Crippen LogP contribution in [0.5, 0.6) is 5.75 Å². The van der Waals surface area contributed by atoms with E-state index in [2.05, 4.69) is 5.10 Å². The Labute approximate surface area is 110 Å². The van der Waals surface area contributed by atoms with Crippen LogP contribution in [0.2, 0.25) is 0 Å². The largest absolute Gasteiger partial charge is 0.483 e. The first kappa shape index (κ1) is 11.8. The Morgan fingerprint density at radius 1 is 1.32 bits per heavy atom. The second-order valence-corrected chi connectivity index (χ2v) is 4.32.